The van der Waals surface area contributed by atoms with Gasteiger partial charge in [0.2, 0.25) is 0 Å². The zero-order chi connectivity index (χ0) is 19.7. The molecule has 0 radical (unpaired) electrons. The Balaban J connectivity index is 5.35. The summed E-state index contributed by atoms with van der Waals surface area (Å²) < 4.78 is 0. The van der Waals surface area contributed by atoms with Crippen molar-refractivity contribution in [3.8, 4) is 0 Å². The van der Waals surface area contributed by atoms with Gasteiger partial charge in [0, 0.05) is 0 Å². The van der Waals surface area contributed by atoms with Gasteiger partial charge in [-0.05, 0) is 47.3 Å². The highest BCUT2D eigenvalue weighted by Gasteiger charge is 2.38. The van der Waals surface area contributed by atoms with Crippen LogP contribution in [-0.4, -0.2) is 0 Å². The summed E-state index contributed by atoms with van der Waals surface area (Å²) in [5, 5.41) is 0. The van der Waals surface area contributed by atoms with E-state index in [1.807, 2.05) is 0 Å². The smallest absolute Gasteiger partial charge is 0.0300 e. The first-order valence-corrected chi connectivity index (χ1v) is 11.6. The van der Waals surface area contributed by atoms with E-state index in [0.717, 1.165) is 23.7 Å². The average molecular weight is 353 g/mol. The van der Waals surface area contributed by atoms with E-state index in [9.17, 15) is 0 Å². The molecule has 0 bridgehead atoms. The van der Waals surface area contributed by atoms with Crippen molar-refractivity contribution in [2.24, 2.45) is 34.5 Å². The SMILES string of the molecule is CCCCC(C)C(C)(CC)CC(CC)C(CCC(C)C)C(C)(C)CC. The lowest BCUT2D eigenvalue weighted by atomic mass is 9.60. The van der Waals surface area contributed by atoms with Crippen LogP contribution in [0.2, 0.25) is 0 Å². The van der Waals surface area contributed by atoms with E-state index in [0.29, 0.717) is 10.8 Å². The fourth-order valence-electron chi connectivity index (χ4n) is 4.76. The highest BCUT2D eigenvalue weighted by atomic mass is 14.4. The lowest BCUT2D eigenvalue weighted by Gasteiger charge is -2.45. The molecule has 25 heavy (non-hydrogen) atoms. The first-order chi connectivity index (χ1) is 11.6. The lowest BCUT2D eigenvalue weighted by Crippen LogP contribution is -2.36. The predicted octanol–water partition coefficient (Wildman–Crippen LogP) is 9.13. The molecule has 0 nitrogen and oxygen atoms in total. The number of hydrogen-bond donors (Lipinski definition) is 0. The first kappa shape index (κ1) is 25.0. The van der Waals surface area contributed by atoms with Crippen molar-refractivity contribution < 1.29 is 0 Å². The van der Waals surface area contributed by atoms with E-state index in [2.05, 4.69) is 69.2 Å². The van der Waals surface area contributed by atoms with E-state index < -0.39 is 0 Å². The molecule has 0 amide bonds. The Morgan fingerprint density at radius 3 is 1.76 bits per heavy atom. The Morgan fingerprint density at radius 1 is 0.760 bits per heavy atom. The third-order valence-electron chi connectivity index (χ3n) is 7.78. The molecule has 0 aliphatic carbocycles. The monoisotopic (exact) mass is 352 g/mol. The second-order valence-electron chi connectivity index (χ2n) is 10.3. The summed E-state index contributed by atoms with van der Waals surface area (Å²) in [6.45, 7) is 24.6. The molecule has 0 aromatic heterocycles. The summed E-state index contributed by atoms with van der Waals surface area (Å²) in [4.78, 5) is 0. The summed E-state index contributed by atoms with van der Waals surface area (Å²) in [6.07, 6.45) is 12.4. The number of hydrogen-bond acceptors (Lipinski definition) is 0. The molecular formula is C25H52. The van der Waals surface area contributed by atoms with Gasteiger partial charge in [-0.2, -0.15) is 0 Å². The molecule has 0 heterocycles. The average Bonchev–Trinajstić information content (AvgIpc) is 2.57. The van der Waals surface area contributed by atoms with Crippen molar-refractivity contribution in [1.82, 2.24) is 0 Å². The highest BCUT2D eigenvalue weighted by Crippen LogP contribution is 2.48. The van der Waals surface area contributed by atoms with Gasteiger partial charge in [-0.1, -0.05) is 114 Å². The minimum Gasteiger partial charge on any atom is -0.0654 e. The van der Waals surface area contributed by atoms with Crippen molar-refractivity contribution in [3.05, 3.63) is 0 Å². The normalized spacial score (nSPS) is 18.8. The zero-order valence-electron chi connectivity index (χ0n) is 19.7. The molecule has 0 heteroatoms. The summed E-state index contributed by atoms with van der Waals surface area (Å²) in [5.41, 5.74) is 0.979. The van der Waals surface area contributed by atoms with Crippen LogP contribution in [0.3, 0.4) is 0 Å². The van der Waals surface area contributed by atoms with Gasteiger partial charge in [0.15, 0.2) is 0 Å². The van der Waals surface area contributed by atoms with Crippen LogP contribution in [0.4, 0.5) is 0 Å². The fraction of sp³-hybridized carbons (Fsp3) is 1.00. The van der Waals surface area contributed by atoms with Crippen LogP contribution in [0, 0.1) is 34.5 Å². The van der Waals surface area contributed by atoms with E-state index in [-0.39, 0.29) is 0 Å². The molecule has 0 aromatic rings. The van der Waals surface area contributed by atoms with Gasteiger partial charge in [0.25, 0.3) is 0 Å². The quantitative estimate of drug-likeness (QED) is 0.292. The second kappa shape index (κ2) is 11.7. The van der Waals surface area contributed by atoms with Gasteiger partial charge in [-0.15, -0.1) is 0 Å². The molecule has 0 spiro atoms. The summed E-state index contributed by atoms with van der Waals surface area (Å²) in [6, 6.07) is 0. The zero-order valence-corrected chi connectivity index (χ0v) is 19.7. The number of rotatable bonds is 14. The molecule has 0 aliphatic heterocycles. The Hall–Kier alpha value is 0. The van der Waals surface area contributed by atoms with E-state index in [1.54, 1.807) is 0 Å². The van der Waals surface area contributed by atoms with Crippen molar-refractivity contribution in [2.45, 2.75) is 127 Å². The highest BCUT2D eigenvalue weighted by molar-refractivity contribution is 4.88. The molecule has 0 aliphatic rings. The lowest BCUT2D eigenvalue weighted by molar-refractivity contribution is 0.0502. The predicted molar refractivity (Wildman–Crippen MR) is 117 cm³/mol. The Bertz CT molecular complexity index is 327. The van der Waals surface area contributed by atoms with Gasteiger partial charge in [0.1, 0.15) is 0 Å². The van der Waals surface area contributed by atoms with Crippen LogP contribution in [-0.2, 0) is 0 Å². The maximum Gasteiger partial charge on any atom is -0.0300 e. The molecule has 0 N–H and O–H groups in total. The van der Waals surface area contributed by atoms with Crippen LogP contribution in [0.15, 0.2) is 0 Å². The third-order valence-corrected chi connectivity index (χ3v) is 7.78. The maximum atomic E-state index is 2.59. The maximum absolute atomic E-state index is 2.59. The van der Waals surface area contributed by atoms with E-state index in [1.165, 1.54) is 57.8 Å². The fourth-order valence-corrected chi connectivity index (χ4v) is 4.76. The summed E-state index contributed by atoms with van der Waals surface area (Å²) in [5.74, 6) is 3.42. The summed E-state index contributed by atoms with van der Waals surface area (Å²) in [7, 11) is 0. The molecular weight excluding hydrogens is 300 g/mol. The molecule has 0 saturated carbocycles. The molecule has 0 aromatic carbocycles. The summed E-state index contributed by atoms with van der Waals surface area (Å²) >= 11 is 0. The van der Waals surface area contributed by atoms with Crippen LogP contribution >= 0.6 is 0 Å². The van der Waals surface area contributed by atoms with Gasteiger partial charge < -0.3 is 0 Å². The second-order valence-corrected chi connectivity index (χ2v) is 10.3. The molecule has 152 valence electrons. The molecule has 4 unspecified atom stereocenters. The molecule has 0 rings (SSSR count). The van der Waals surface area contributed by atoms with Gasteiger partial charge >= 0.3 is 0 Å². The Morgan fingerprint density at radius 2 is 1.36 bits per heavy atom. The minimum atomic E-state index is 0.469. The first-order valence-electron chi connectivity index (χ1n) is 11.6. The Labute approximate surface area is 161 Å². The Kier molecular flexibility index (Phi) is 11.7. The van der Waals surface area contributed by atoms with Crippen molar-refractivity contribution in [2.75, 3.05) is 0 Å². The van der Waals surface area contributed by atoms with Crippen LogP contribution < -0.4 is 0 Å². The standard InChI is InChI=1S/C25H52/c1-11-15-16-21(7)25(10,14-4)19-22(12-2)23(18-17-20(5)6)24(8,9)13-3/h20-23H,11-19H2,1-10H3. The largest absolute Gasteiger partial charge is 0.0654 e. The number of unbranched alkanes of at least 4 members (excludes halogenated alkanes) is 1. The van der Waals surface area contributed by atoms with E-state index >= 15 is 0 Å². The molecule has 0 saturated heterocycles. The molecule has 0 fully saturated rings. The molecule has 4 atom stereocenters. The van der Waals surface area contributed by atoms with Gasteiger partial charge in [-0.25, -0.2) is 0 Å². The van der Waals surface area contributed by atoms with Crippen molar-refractivity contribution >= 4 is 0 Å². The van der Waals surface area contributed by atoms with Crippen LogP contribution in [0.25, 0.3) is 0 Å². The van der Waals surface area contributed by atoms with Gasteiger partial charge in [0.05, 0.1) is 0 Å². The van der Waals surface area contributed by atoms with Crippen LogP contribution in [0.1, 0.15) is 127 Å². The van der Waals surface area contributed by atoms with E-state index in [4.69, 9.17) is 0 Å². The van der Waals surface area contributed by atoms with Crippen molar-refractivity contribution in [3.63, 3.8) is 0 Å². The minimum absolute atomic E-state index is 0.469. The van der Waals surface area contributed by atoms with Crippen molar-refractivity contribution in [1.29, 1.82) is 0 Å². The van der Waals surface area contributed by atoms with Crippen LogP contribution in [0.5, 0.6) is 0 Å². The third kappa shape index (κ3) is 8.04. The topological polar surface area (TPSA) is 0 Å². The van der Waals surface area contributed by atoms with Gasteiger partial charge in [-0.3, -0.25) is 0 Å².